The molecule has 1 aliphatic heterocycles. The fourth-order valence-corrected chi connectivity index (χ4v) is 3.02. The van der Waals surface area contributed by atoms with Gasteiger partial charge in [0, 0.05) is 13.0 Å². The zero-order chi connectivity index (χ0) is 24.4. The summed E-state index contributed by atoms with van der Waals surface area (Å²) in [4.78, 5) is 41.6. The minimum Gasteiger partial charge on any atom is -0.481 e. The highest BCUT2D eigenvalue weighted by Crippen LogP contribution is 2.14. The summed E-state index contributed by atoms with van der Waals surface area (Å²) >= 11 is 0. The number of carbonyl (C=O) groups is 4. The monoisotopic (exact) mass is 462 g/mol. The second-order valence-electron chi connectivity index (χ2n) is 7.67. The third kappa shape index (κ3) is 16.3. The molecule has 5 amide bonds. The number of amides is 5. The van der Waals surface area contributed by atoms with Crippen LogP contribution in [0, 0.1) is 0 Å². The molecule has 12 nitrogen and oxygen atoms in total. The van der Waals surface area contributed by atoms with E-state index in [0.29, 0.717) is 19.3 Å². The van der Waals surface area contributed by atoms with Crippen LogP contribution in [0.15, 0.2) is 0 Å². The number of carbonyl (C=O) groups excluding carboxylic acids is 3. The van der Waals surface area contributed by atoms with E-state index in [1.807, 2.05) is 10.6 Å². The molecule has 186 valence electrons. The maximum Gasteiger partial charge on any atom is 0.323 e. The summed E-state index contributed by atoms with van der Waals surface area (Å²) in [7, 11) is 0. The number of aliphatic hydroxyl groups is 3. The molecule has 1 rings (SSSR count). The molecule has 1 fully saturated rings. The Morgan fingerprint density at radius 1 is 0.906 bits per heavy atom. The minimum absolute atomic E-state index is 0.220. The van der Waals surface area contributed by atoms with Gasteiger partial charge in [-0.15, -0.1) is 0 Å². The molecule has 0 aromatic rings. The van der Waals surface area contributed by atoms with Gasteiger partial charge in [-0.1, -0.05) is 44.9 Å². The number of nitrogens with two attached hydrogens (primary N) is 1. The van der Waals surface area contributed by atoms with E-state index >= 15 is 0 Å². The van der Waals surface area contributed by atoms with E-state index in [9.17, 15) is 29.4 Å². The fourth-order valence-electron chi connectivity index (χ4n) is 3.02. The number of unbranched alkanes of at least 4 members (excludes halogenated alkanes) is 7. The average molecular weight is 463 g/mol. The molecule has 0 aromatic heterocycles. The van der Waals surface area contributed by atoms with Gasteiger partial charge in [0.1, 0.15) is 0 Å². The number of aliphatic hydroxyl groups excluding tert-OH is 3. The van der Waals surface area contributed by atoms with Crippen molar-refractivity contribution in [2.24, 2.45) is 5.73 Å². The first-order chi connectivity index (χ1) is 15.2. The van der Waals surface area contributed by atoms with Crippen LogP contribution in [-0.4, -0.2) is 69.3 Å². The lowest BCUT2D eigenvalue weighted by molar-refractivity contribution is -0.137. The molecule has 0 aliphatic carbocycles. The van der Waals surface area contributed by atoms with E-state index in [-0.39, 0.29) is 13.0 Å². The molecule has 3 unspecified atom stereocenters. The van der Waals surface area contributed by atoms with Crippen molar-refractivity contribution in [3.05, 3.63) is 0 Å². The molecule has 12 heteroatoms. The standard InChI is InChI=1S/C16H32O5.C4H6N4O3/c17-13-9-5-4-7-11-15(19)14(18)10-6-2-1-3-8-12-16(20)21;5-3(10)6-1-2(9)8-4(11)7-1/h14-15,17-19H,1-13H2,(H,20,21);1H,(H3,5,6,10)(H2,7,8,9,11). The molecule has 0 bridgehead atoms. The number of hydrogen-bond acceptors (Lipinski definition) is 7. The van der Waals surface area contributed by atoms with Crippen LogP contribution in [0.25, 0.3) is 0 Å². The Kier molecular flexibility index (Phi) is 16.8. The Morgan fingerprint density at radius 2 is 1.41 bits per heavy atom. The summed E-state index contributed by atoms with van der Waals surface area (Å²) in [5, 5.41) is 42.8. The first-order valence-electron chi connectivity index (χ1n) is 11.0. The first kappa shape index (κ1) is 29.6. The van der Waals surface area contributed by atoms with Crippen molar-refractivity contribution >= 4 is 23.9 Å². The number of carboxylic acid groups (broad SMARTS) is 1. The van der Waals surface area contributed by atoms with Crippen LogP contribution in [-0.2, 0) is 9.59 Å². The predicted octanol–water partition coefficient (Wildman–Crippen LogP) is 0.287. The van der Waals surface area contributed by atoms with Gasteiger partial charge in [0.15, 0.2) is 6.17 Å². The topological polar surface area (TPSA) is 211 Å². The van der Waals surface area contributed by atoms with Gasteiger partial charge in [0.2, 0.25) is 0 Å². The quantitative estimate of drug-likeness (QED) is 0.118. The van der Waals surface area contributed by atoms with Crippen LogP contribution >= 0.6 is 0 Å². The zero-order valence-corrected chi connectivity index (χ0v) is 18.4. The van der Waals surface area contributed by atoms with Crippen LogP contribution in [0.5, 0.6) is 0 Å². The minimum atomic E-state index is -1.04. The number of carboxylic acids is 1. The molecular weight excluding hydrogens is 424 g/mol. The summed E-state index contributed by atoms with van der Waals surface area (Å²) in [5.41, 5.74) is 4.70. The van der Waals surface area contributed by atoms with Crippen molar-refractivity contribution in [3.8, 4) is 0 Å². The molecule has 9 N–H and O–H groups in total. The smallest absolute Gasteiger partial charge is 0.323 e. The van der Waals surface area contributed by atoms with E-state index < -0.39 is 42.3 Å². The molecule has 1 aliphatic rings. The van der Waals surface area contributed by atoms with Crippen molar-refractivity contribution in [2.45, 2.75) is 95.4 Å². The summed E-state index contributed by atoms with van der Waals surface area (Å²) < 4.78 is 0. The SMILES string of the molecule is NC(=O)NC1NC(=O)NC1=O.O=C(O)CCCCCCCC(O)C(O)CCCCCCO. The lowest BCUT2D eigenvalue weighted by Crippen LogP contribution is -2.48. The van der Waals surface area contributed by atoms with Crippen molar-refractivity contribution in [1.29, 1.82) is 0 Å². The maximum absolute atomic E-state index is 10.7. The number of urea groups is 2. The third-order valence-electron chi connectivity index (χ3n) is 4.80. The zero-order valence-electron chi connectivity index (χ0n) is 18.4. The molecular formula is C20H38N4O8. The lowest BCUT2D eigenvalue weighted by atomic mass is 10.00. The maximum atomic E-state index is 10.7. The summed E-state index contributed by atoms with van der Waals surface area (Å²) in [6, 6.07) is -1.51. The summed E-state index contributed by atoms with van der Waals surface area (Å²) in [6.45, 7) is 0.220. The first-order valence-corrected chi connectivity index (χ1v) is 11.0. The van der Waals surface area contributed by atoms with Gasteiger partial charge < -0.3 is 36.8 Å². The van der Waals surface area contributed by atoms with E-state index in [2.05, 4.69) is 5.32 Å². The van der Waals surface area contributed by atoms with Crippen LogP contribution in [0.2, 0.25) is 0 Å². The number of primary amides is 1. The van der Waals surface area contributed by atoms with E-state index in [1.54, 1.807) is 0 Å². The number of imide groups is 1. The summed E-state index contributed by atoms with van der Waals surface area (Å²) in [6.07, 6.45) is 7.21. The van der Waals surface area contributed by atoms with E-state index in [1.165, 1.54) is 0 Å². The second kappa shape index (κ2) is 18.2. The second-order valence-corrected chi connectivity index (χ2v) is 7.67. The third-order valence-corrected chi connectivity index (χ3v) is 4.80. The highest BCUT2D eigenvalue weighted by molar-refractivity contribution is 6.05. The average Bonchev–Trinajstić information content (AvgIpc) is 3.03. The van der Waals surface area contributed by atoms with Crippen LogP contribution in [0.3, 0.4) is 0 Å². The molecule has 1 saturated heterocycles. The highest BCUT2D eigenvalue weighted by Gasteiger charge is 2.29. The summed E-state index contributed by atoms with van der Waals surface area (Å²) in [5.74, 6) is -1.36. The van der Waals surface area contributed by atoms with E-state index in [0.717, 1.165) is 51.4 Å². The van der Waals surface area contributed by atoms with Gasteiger partial charge in [-0.05, 0) is 25.7 Å². The van der Waals surface area contributed by atoms with Gasteiger partial charge >= 0.3 is 18.0 Å². The number of aliphatic carboxylic acids is 1. The van der Waals surface area contributed by atoms with Crippen LogP contribution in [0.4, 0.5) is 9.59 Å². The number of nitrogens with one attached hydrogen (secondary N) is 3. The molecule has 3 atom stereocenters. The Labute approximate surface area is 187 Å². The van der Waals surface area contributed by atoms with Crippen LogP contribution < -0.4 is 21.7 Å². The molecule has 0 radical (unpaired) electrons. The Morgan fingerprint density at radius 3 is 1.84 bits per heavy atom. The molecule has 32 heavy (non-hydrogen) atoms. The van der Waals surface area contributed by atoms with Crippen molar-refractivity contribution in [3.63, 3.8) is 0 Å². The van der Waals surface area contributed by atoms with Gasteiger partial charge in [-0.2, -0.15) is 0 Å². The van der Waals surface area contributed by atoms with Crippen LogP contribution in [0.1, 0.15) is 77.0 Å². The highest BCUT2D eigenvalue weighted by atomic mass is 16.4. The van der Waals surface area contributed by atoms with Crippen molar-refractivity contribution in [2.75, 3.05) is 6.61 Å². The fraction of sp³-hybridized carbons (Fsp3) is 0.800. The van der Waals surface area contributed by atoms with Gasteiger partial charge in [0.05, 0.1) is 12.2 Å². The van der Waals surface area contributed by atoms with Gasteiger partial charge in [0.25, 0.3) is 5.91 Å². The Bertz CT molecular complexity index is 576. The largest absolute Gasteiger partial charge is 0.481 e. The number of rotatable bonds is 16. The molecule has 1 heterocycles. The van der Waals surface area contributed by atoms with Gasteiger partial charge in [-0.3, -0.25) is 14.9 Å². The number of hydrogen-bond donors (Lipinski definition) is 8. The molecule has 0 saturated carbocycles. The normalized spacial score (nSPS) is 16.9. The Hall–Kier alpha value is -2.44. The van der Waals surface area contributed by atoms with E-state index in [4.69, 9.17) is 15.9 Å². The molecule has 0 aromatic carbocycles. The lowest BCUT2D eigenvalue weighted by Gasteiger charge is -2.17. The van der Waals surface area contributed by atoms with Gasteiger partial charge in [-0.25, -0.2) is 9.59 Å². The molecule has 0 spiro atoms. The predicted molar refractivity (Wildman–Crippen MR) is 115 cm³/mol. The van der Waals surface area contributed by atoms with Crippen molar-refractivity contribution < 1.29 is 39.6 Å². The Balaban J connectivity index is 0.000000726. The van der Waals surface area contributed by atoms with Crippen molar-refractivity contribution in [1.82, 2.24) is 16.0 Å².